The fourth-order valence-corrected chi connectivity index (χ4v) is 5.40. The van der Waals surface area contributed by atoms with Gasteiger partial charge in [-0.2, -0.15) is 11.8 Å². The molecule has 0 aromatic carbocycles. The molecule has 2 rings (SSSR count). The Morgan fingerprint density at radius 2 is 2.32 bits per heavy atom. The molecular formula is C12H19N3OS3. The van der Waals surface area contributed by atoms with E-state index in [1.807, 2.05) is 18.0 Å². The normalized spacial score (nSPS) is 19.7. The Labute approximate surface area is 126 Å². The molecule has 1 amide bonds. The van der Waals surface area contributed by atoms with Crippen molar-refractivity contribution in [2.45, 2.75) is 23.5 Å². The van der Waals surface area contributed by atoms with E-state index in [1.165, 1.54) is 17.8 Å². The monoisotopic (exact) mass is 317 g/mol. The van der Waals surface area contributed by atoms with Gasteiger partial charge in [0.25, 0.3) is 5.91 Å². The zero-order valence-corrected chi connectivity index (χ0v) is 13.6. The lowest BCUT2D eigenvalue weighted by atomic mass is 10.3. The molecule has 0 bridgehead atoms. The number of hydrogen-bond donors (Lipinski definition) is 2. The van der Waals surface area contributed by atoms with Gasteiger partial charge in [-0.3, -0.25) is 4.79 Å². The van der Waals surface area contributed by atoms with Crippen molar-refractivity contribution >= 4 is 51.5 Å². The highest BCUT2D eigenvalue weighted by Gasteiger charge is 2.26. The van der Waals surface area contributed by atoms with Gasteiger partial charge in [0, 0.05) is 24.1 Å². The number of primary amides is 1. The third-order valence-corrected chi connectivity index (χ3v) is 6.80. The van der Waals surface area contributed by atoms with E-state index in [1.54, 1.807) is 11.8 Å². The molecule has 0 radical (unpaired) electrons. The summed E-state index contributed by atoms with van der Waals surface area (Å²) in [6.07, 6.45) is 3.15. The maximum Gasteiger partial charge on any atom is 0.261 e. The van der Waals surface area contributed by atoms with Crippen molar-refractivity contribution in [1.82, 2.24) is 0 Å². The van der Waals surface area contributed by atoms with E-state index < -0.39 is 5.91 Å². The van der Waals surface area contributed by atoms with Gasteiger partial charge in [-0.25, -0.2) is 0 Å². The molecule has 4 N–H and O–H groups in total. The zero-order valence-electron chi connectivity index (χ0n) is 11.1. The highest BCUT2D eigenvalue weighted by molar-refractivity contribution is 8.00. The Kier molecular flexibility index (Phi) is 4.92. The molecule has 106 valence electrons. The molecule has 1 atom stereocenters. The van der Waals surface area contributed by atoms with E-state index in [4.69, 9.17) is 11.5 Å². The largest absolute Gasteiger partial charge is 0.396 e. The van der Waals surface area contributed by atoms with Gasteiger partial charge in [-0.1, -0.05) is 6.92 Å². The Balaban J connectivity index is 2.33. The summed E-state index contributed by atoms with van der Waals surface area (Å²) in [7, 11) is 0. The standard InChI is InChI=1S/C12H19N3OS3/c1-3-7-6-15(4-5-18-7)12-10(17-2)8(13)9(19-12)11(14)16/h7H,3-6,13H2,1-2H3,(H2,14,16). The van der Waals surface area contributed by atoms with Crippen LogP contribution in [-0.4, -0.2) is 36.3 Å². The van der Waals surface area contributed by atoms with Crippen LogP contribution in [-0.2, 0) is 0 Å². The second-order valence-electron chi connectivity index (χ2n) is 4.39. The van der Waals surface area contributed by atoms with Gasteiger partial charge in [0.2, 0.25) is 0 Å². The second kappa shape index (κ2) is 6.28. The number of thiophene rings is 1. The number of amides is 1. The molecule has 1 aliphatic rings. The first-order chi connectivity index (χ1) is 9.08. The number of rotatable bonds is 4. The van der Waals surface area contributed by atoms with Crippen LogP contribution in [0.15, 0.2) is 4.90 Å². The fraction of sp³-hybridized carbons (Fsp3) is 0.583. The summed E-state index contributed by atoms with van der Waals surface area (Å²) in [5, 5.41) is 1.77. The molecule has 7 heteroatoms. The fourth-order valence-electron chi connectivity index (χ4n) is 2.16. The first-order valence-corrected chi connectivity index (χ1v) is 9.30. The summed E-state index contributed by atoms with van der Waals surface area (Å²) in [5.74, 6) is 0.693. The van der Waals surface area contributed by atoms with E-state index in [-0.39, 0.29) is 0 Å². The van der Waals surface area contributed by atoms with E-state index in [0.29, 0.717) is 15.8 Å². The lowest BCUT2D eigenvalue weighted by molar-refractivity contribution is 0.100. The van der Waals surface area contributed by atoms with Gasteiger partial charge in [-0.05, 0) is 12.7 Å². The summed E-state index contributed by atoms with van der Waals surface area (Å²) < 4.78 is 0. The van der Waals surface area contributed by atoms with Crippen molar-refractivity contribution in [3.63, 3.8) is 0 Å². The van der Waals surface area contributed by atoms with E-state index >= 15 is 0 Å². The van der Waals surface area contributed by atoms with Gasteiger partial charge in [-0.15, -0.1) is 23.1 Å². The van der Waals surface area contributed by atoms with Crippen molar-refractivity contribution in [2.75, 3.05) is 35.7 Å². The SMILES string of the molecule is CCC1CN(c2sc(C(N)=O)c(N)c2SC)CCS1. The van der Waals surface area contributed by atoms with Gasteiger partial charge < -0.3 is 16.4 Å². The molecule has 2 heterocycles. The minimum absolute atomic E-state index is 0.428. The smallest absolute Gasteiger partial charge is 0.261 e. The number of thioether (sulfide) groups is 2. The molecule has 1 fully saturated rings. The molecule has 0 saturated carbocycles. The van der Waals surface area contributed by atoms with Gasteiger partial charge in [0.15, 0.2) is 0 Å². The van der Waals surface area contributed by atoms with Crippen LogP contribution in [0.1, 0.15) is 23.0 Å². The number of nitrogens with zero attached hydrogens (tertiary/aromatic N) is 1. The summed E-state index contributed by atoms with van der Waals surface area (Å²) in [4.78, 5) is 15.3. The average Bonchev–Trinajstić information content (AvgIpc) is 2.75. The average molecular weight is 318 g/mol. The maximum atomic E-state index is 11.4. The van der Waals surface area contributed by atoms with Crippen molar-refractivity contribution in [1.29, 1.82) is 0 Å². The maximum absolute atomic E-state index is 11.4. The summed E-state index contributed by atoms with van der Waals surface area (Å²) >= 11 is 5.05. The van der Waals surface area contributed by atoms with Crippen molar-refractivity contribution in [3.05, 3.63) is 4.88 Å². The van der Waals surface area contributed by atoms with Crippen molar-refractivity contribution in [3.8, 4) is 0 Å². The zero-order chi connectivity index (χ0) is 14.0. The Bertz CT molecular complexity index is 475. The van der Waals surface area contributed by atoms with E-state index in [0.717, 1.165) is 28.7 Å². The Morgan fingerprint density at radius 1 is 1.58 bits per heavy atom. The number of hydrogen-bond acceptors (Lipinski definition) is 6. The van der Waals surface area contributed by atoms with E-state index in [2.05, 4.69) is 11.8 Å². The van der Waals surface area contributed by atoms with Crippen LogP contribution in [0, 0.1) is 0 Å². The van der Waals surface area contributed by atoms with Crippen LogP contribution < -0.4 is 16.4 Å². The number of carbonyl (C=O) groups is 1. The molecule has 1 aliphatic heterocycles. The molecule has 19 heavy (non-hydrogen) atoms. The number of nitrogens with two attached hydrogens (primary N) is 2. The molecule has 1 saturated heterocycles. The molecule has 0 spiro atoms. The third kappa shape index (κ3) is 2.98. The topological polar surface area (TPSA) is 72.3 Å². The minimum atomic E-state index is -0.428. The lowest BCUT2D eigenvalue weighted by Gasteiger charge is -2.33. The number of nitrogen functional groups attached to an aromatic ring is 1. The highest BCUT2D eigenvalue weighted by Crippen LogP contribution is 2.44. The third-order valence-electron chi connectivity index (χ3n) is 3.19. The van der Waals surface area contributed by atoms with Crippen LogP contribution in [0.25, 0.3) is 0 Å². The van der Waals surface area contributed by atoms with Crippen LogP contribution in [0.3, 0.4) is 0 Å². The molecule has 0 aliphatic carbocycles. The van der Waals surface area contributed by atoms with Crippen LogP contribution in [0.4, 0.5) is 10.7 Å². The Hall–Kier alpha value is -0.530. The van der Waals surface area contributed by atoms with Gasteiger partial charge in [0.1, 0.15) is 9.88 Å². The summed E-state index contributed by atoms with van der Waals surface area (Å²) in [6.45, 7) is 4.24. The van der Waals surface area contributed by atoms with Crippen molar-refractivity contribution in [2.24, 2.45) is 5.73 Å². The second-order valence-corrected chi connectivity index (χ2v) is 7.62. The molecule has 1 aromatic heterocycles. The van der Waals surface area contributed by atoms with Crippen molar-refractivity contribution < 1.29 is 4.79 Å². The first-order valence-electron chi connectivity index (χ1n) is 6.21. The summed E-state index contributed by atoms with van der Waals surface area (Å²) in [6, 6.07) is 0. The molecule has 4 nitrogen and oxygen atoms in total. The first kappa shape index (κ1) is 14.9. The predicted molar refractivity (Wildman–Crippen MR) is 87.8 cm³/mol. The molecule has 1 unspecified atom stereocenters. The van der Waals surface area contributed by atoms with Crippen LogP contribution in [0.5, 0.6) is 0 Å². The lowest BCUT2D eigenvalue weighted by Crippen LogP contribution is -2.37. The number of carbonyl (C=O) groups excluding carboxylic acids is 1. The minimum Gasteiger partial charge on any atom is -0.396 e. The molecule has 1 aromatic rings. The van der Waals surface area contributed by atoms with E-state index in [9.17, 15) is 4.79 Å². The van der Waals surface area contributed by atoms with Gasteiger partial charge >= 0.3 is 0 Å². The van der Waals surface area contributed by atoms with Crippen LogP contribution >= 0.6 is 34.9 Å². The quantitative estimate of drug-likeness (QED) is 0.835. The van der Waals surface area contributed by atoms with Gasteiger partial charge in [0.05, 0.1) is 10.6 Å². The summed E-state index contributed by atoms with van der Waals surface area (Å²) in [5.41, 5.74) is 12.0. The molecular weight excluding hydrogens is 298 g/mol. The predicted octanol–water partition coefficient (Wildman–Crippen LogP) is 2.48. The number of anilines is 2. The van der Waals surface area contributed by atoms with Crippen LogP contribution in [0.2, 0.25) is 0 Å². The Morgan fingerprint density at radius 3 is 2.89 bits per heavy atom. The highest BCUT2D eigenvalue weighted by atomic mass is 32.2.